The van der Waals surface area contributed by atoms with Crippen LogP contribution in [0.4, 0.5) is 4.39 Å². The lowest BCUT2D eigenvalue weighted by atomic mass is 10.0. The Labute approximate surface area is 118 Å². The van der Waals surface area contributed by atoms with Crippen LogP contribution in [0.25, 0.3) is 0 Å². The van der Waals surface area contributed by atoms with Gasteiger partial charge in [-0.05, 0) is 35.2 Å². The van der Waals surface area contributed by atoms with Gasteiger partial charge in [0.1, 0.15) is 6.61 Å². The monoisotopic (exact) mass is 269 g/mol. The van der Waals surface area contributed by atoms with Gasteiger partial charge < -0.3 is 4.74 Å². The Morgan fingerprint density at radius 2 is 1.85 bits per heavy atom. The van der Waals surface area contributed by atoms with E-state index in [2.05, 4.69) is 26.0 Å². The number of hydrogen-bond donors (Lipinski definition) is 0. The molecule has 2 aromatic rings. The molecule has 0 aliphatic carbocycles. The van der Waals surface area contributed by atoms with E-state index in [1.165, 1.54) is 17.7 Å². The fraction of sp³-hybridized carbons (Fsp3) is 0.235. The first-order valence-corrected chi connectivity index (χ1v) is 6.51. The number of rotatable bonds is 4. The van der Waals surface area contributed by atoms with Crippen LogP contribution in [0.2, 0.25) is 0 Å². The summed E-state index contributed by atoms with van der Waals surface area (Å²) in [6.07, 6.45) is 0. The highest BCUT2D eigenvalue weighted by molar-refractivity contribution is 5.36. The van der Waals surface area contributed by atoms with Gasteiger partial charge >= 0.3 is 0 Å². The van der Waals surface area contributed by atoms with E-state index in [-0.39, 0.29) is 11.3 Å². The Hall–Kier alpha value is -2.34. The predicted octanol–water partition coefficient (Wildman–Crippen LogP) is 4.40. The number of benzene rings is 2. The summed E-state index contributed by atoms with van der Waals surface area (Å²) in [5.74, 6) is 0.140. The summed E-state index contributed by atoms with van der Waals surface area (Å²) in [6.45, 7) is 4.58. The summed E-state index contributed by atoms with van der Waals surface area (Å²) in [5, 5.41) is 8.67. The molecular formula is C17H16FNO. The van der Waals surface area contributed by atoms with Crippen molar-refractivity contribution in [1.82, 2.24) is 0 Å². The molecule has 3 heteroatoms. The Kier molecular flexibility index (Phi) is 4.37. The molecule has 0 unspecified atom stereocenters. The maximum atomic E-state index is 13.6. The standard InChI is InChI=1S/C17H16FNO/c1-12(2)15-6-3-13(4-7-15)11-20-17-8-5-14(10-19)9-16(17)18/h3-9,12H,11H2,1-2H3. The second kappa shape index (κ2) is 6.21. The third-order valence-corrected chi connectivity index (χ3v) is 3.10. The van der Waals surface area contributed by atoms with E-state index in [0.29, 0.717) is 12.5 Å². The molecule has 0 aromatic heterocycles. The summed E-state index contributed by atoms with van der Waals surface area (Å²) in [4.78, 5) is 0. The van der Waals surface area contributed by atoms with E-state index in [1.54, 1.807) is 6.07 Å². The van der Waals surface area contributed by atoms with Gasteiger partial charge in [-0.3, -0.25) is 0 Å². The number of ether oxygens (including phenoxy) is 1. The van der Waals surface area contributed by atoms with Crippen LogP contribution in [0.3, 0.4) is 0 Å². The molecule has 0 aliphatic heterocycles. The SMILES string of the molecule is CC(C)c1ccc(COc2ccc(C#N)cc2F)cc1. The van der Waals surface area contributed by atoms with E-state index >= 15 is 0 Å². The highest BCUT2D eigenvalue weighted by atomic mass is 19.1. The van der Waals surface area contributed by atoms with E-state index in [0.717, 1.165) is 5.56 Å². The maximum Gasteiger partial charge on any atom is 0.166 e. The minimum atomic E-state index is -0.511. The van der Waals surface area contributed by atoms with Gasteiger partial charge in [-0.1, -0.05) is 38.1 Å². The van der Waals surface area contributed by atoms with E-state index in [4.69, 9.17) is 10.00 Å². The highest BCUT2D eigenvalue weighted by Gasteiger charge is 2.05. The van der Waals surface area contributed by atoms with Gasteiger partial charge in [0.25, 0.3) is 0 Å². The molecule has 0 saturated heterocycles. The van der Waals surface area contributed by atoms with Crippen LogP contribution in [0.5, 0.6) is 5.75 Å². The van der Waals surface area contributed by atoms with Gasteiger partial charge in [0.05, 0.1) is 11.6 Å². The molecular weight excluding hydrogens is 253 g/mol. The largest absolute Gasteiger partial charge is 0.486 e. The van der Waals surface area contributed by atoms with Crippen LogP contribution < -0.4 is 4.74 Å². The quantitative estimate of drug-likeness (QED) is 0.824. The second-order valence-corrected chi connectivity index (χ2v) is 4.94. The molecule has 0 spiro atoms. The third-order valence-electron chi connectivity index (χ3n) is 3.10. The Morgan fingerprint density at radius 3 is 2.40 bits per heavy atom. The summed E-state index contributed by atoms with van der Waals surface area (Å²) in [6, 6.07) is 14.2. The lowest BCUT2D eigenvalue weighted by Crippen LogP contribution is -1.98. The maximum absolute atomic E-state index is 13.6. The molecule has 0 saturated carbocycles. The molecule has 0 radical (unpaired) electrons. The van der Waals surface area contributed by atoms with Crippen molar-refractivity contribution in [2.45, 2.75) is 26.4 Å². The number of nitriles is 1. The molecule has 2 nitrogen and oxygen atoms in total. The minimum absolute atomic E-state index is 0.164. The normalized spacial score (nSPS) is 10.3. The fourth-order valence-electron chi connectivity index (χ4n) is 1.85. The molecule has 0 N–H and O–H groups in total. The molecule has 0 atom stereocenters. The zero-order valence-electron chi connectivity index (χ0n) is 11.6. The average molecular weight is 269 g/mol. The lowest BCUT2D eigenvalue weighted by Gasteiger charge is -2.09. The molecule has 0 heterocycles. The molecule has 0 aliphatic rings. The summed E-state index contributed by atoms with van der Waals surface area (Å²) in [5.41, 5.74) is 2.53. The highest BCUT2D eigenvalue weighted by Crippen LogP contribution is 2.20. The van der Waals surface area contributed by atoms with Gasteiger partial charge in [-0.25, -0.2) is 4.39 Å². The van der Waals surface area contributed by atoms with Gasteiger partial charge in [0.2, 0.25) is 0 Å². The average Bonchev–Trinajstić information content (AvgIpc) is 2.46. The molecule has 0 bridgehead atoms. The molecule has 102 valence electrons. The van der Waals surface area contributed by atoms with Gasteiger partial charge in [-0.15, -0.1) is 0 Å². The van der Waals surface area contributed by atoms with Crippen molar-refractivity contribution in [3.8, 4) is 11.8 Å². The smallest absolute Gasteiger partial charge is 0.166 e. The van der Waals surface area contributed by atoms with Crippen molar-refractivity contribution in [3.63, 3.8) is 0 Å². The fourth-order valence-corrected chi connectivity index (χ4v) is 1.85. The molecule has 2 aromatic carbocycles. The third kappa shape index (κ3) is 3.36. The summed E-state index contributed by atoms with van der Waals surface area (Å²) >= 11 is 0. The molecule has 0 amide bonds. The van der Waals surface area contributed by atoms with Crippen molar-refractivity contribution in [2.75, 3.05) is 0 Å². The first-order valence-electron chi connectivity index (χ1n) is 6.51. The summed E-state index contributed by atoms with van der Waals surface area (Å²) < 4.78 is 19.1. The number of nitrogens with zero attached hydrogens (tertiary/aromatic N) is 1. The molecule has 0 fully saturated rings. The van der Waals surface area contributed by atoms with Crippen molar-refractivity contribution >= 4 is 0 Å². The topological polar surface area (TPSA) is 33.0 Å². The van der Waals surface area contributed by atoms with Crippen LogP contribution in [0.1, 0.15) is 36.5 Å². The lowest BCUT2D eigenvalue weighted by molar-refractivity contribution is 0.290. The number of hydrogen-bond acceptors (Lipinski definition) is 2. The second-order valence-electron chi connectivity index (χ2n) is 4.94. The van der Waals surface area contributed by atoms with Crippen LogP contribution in [-0.4, -0.2) is 0 Å². The van der Waals surface area contributed by atoms with Crippen molar-refractivity contribution in [3.05, 3.63) is 65.0 Å². The Morgan fingerprint density at radius 1 is 1.15 bits per heavy atom. The molecule has 2 rings (SSSR count). The zero-order chi connectivity index (χ0) is 14.5. The van der Waals surface area contributed by atoms with E-state index < -0.39 is 5.82 Å². The van der Waals surface area contributed by atoms with Crippen molar-refractivity contribution in [2.24, 2.45) is 0 Å². The van der Waals surface area contributed by atoms with E-state index in [1.807, 2.05) is 18.2 Å². The van der Waals surface area contributed by atoms with Crippen LogP contribution in [0.15, 0.2) is 42.5 Å². The molecule has 20 heavy (non-hydrogen) atoms. The van der Waals surface area contributed by atoms with Crippen molar-refractivity contribution in [1.29, 1.82) is 5.26 Å². The first kappa shape index (κ1) is 14.1. The van der Waals surface area contributed by atoms with Gasteiger partial charge in [0.15, 0.2) is 11.6 Å². The minimum Gasteiger partial charge on any atom is -0.486 e. The predicted molar refractivity (Wildman–Crippen MR) is 76.0 cm³/mol. The van der Waals surface area contributed by atoms with Crippen LogP contribution in [0, 0.1) is 17.1 Å². The van der Waals surface area contributed by atoms with E-state index in [9.17, 15) is 4.39 Å². The van der Waals surface area contributed by atoms with Gasteiger partial charge in [-0.2, -0.15) is 5.26 Å². The van der Waals surface area contributed by atoms with Crippen LogP contribution in [-0.2, 0) is 6.61 Å². The number of halogens is 1. The summed E-state index contributed by atoms with van der Waals surface area (Å²) in [7, 11) is 0. The first-order chi connectivity index (χ1) is 9.60. The van der Waals surface area contributed by atoms with Crippen molar-refractivity contribution < 1.29 is 9.13 Å². The zero-order valence-corrected chi connectivity index (χ0v) is 11.6. The van der Waals surface area contributed by atoms with Crippen LogP contribution >= 0.6 is 0 Å². The van der Waals surface area contributed by atoms with Gasteiger partial charge in [0, 0.05) is 0 Å². The Bertz CT molecular complexity index is 626. The Balaban J connectivity index is 2.03.